The van der Waals surface area contributed by atoms with E-state index in [1.807, 2.05) is 14.0 Å². The Morgan fingerprint density at radius 1 is 1.07 bits per heavy atom. The molecule has 0 spiro atoms. The molecule has 1 fully saturated rings. The summed E-state index contributed by atoms with van der Waals surface area (Å²) in [6.45, 7) is 6.49. The van der Waals surface area contributed by atoms with E-state index in [0.29, 0.717) is 11.3 Å². The highest BCUT2D eigenvalue weighted by atomic mass is 16.2. The Morgan fingerprint density at radius 2 is 1.77 bits per heavy atom. The summed E-state index contributed by atoms with van der Waals surface area (Å²) in [4.78, 5) is 37.2. The van der Waals surface area contributed by atoms with Crippen molar-refractivity contribution >= 4 is 34.2 Å². The Labute approximate surface area is 174 Å². The molecule has 1 unspecified atom stereocenters. The van der Waals surface area contributed by atoms with Gasteiger partial charge in [0.15, 0.2) is 11.4 Å². The number of anilines is 2. The molecule has 30 heavy (non-hydrogen) atoms. The zero-order valence-corrected chi connectivity index (χ0v) is 17.4. The maximum Gasteiger partial charge on any atom is 0.241 e. The molecule has 0 bridgehead atoms. The van der Waals surface area contributed by atoms with Gasteiger partial charge >= 0.3 is 0 Å². The summed E-state index contributed by atoms with van der Waals surface area (Å²) < 4.78 is 1.74. The van der Waals surface area contributed by atoms with Gasteiger partial charge in [0.1, 0.15) is 12.1 Å². The Bertz CT molecular complexity index is 1070. The molecule has 0 radical (unpaired) electrons. The normalized spacial score (nSPS) is 15.9. The number of ketones is 1. The third-order valence-electron chi connectivity index (χ3n) is 5.61. The van der Waals surface area contributed by atoms with Gasteiger partial charge in [0.05, 0.1) is 17.6 Å². The van der Waals surface area contributed by atoms with Crippen LogP contribution in [0.1, 0.15) is 24.2 Å². The number of aryl methyl sites for hydroxylation is 1. The van der Waals surface area contributed by atoms with Gasteiger partial charge in [-0.15, -0.1) is 0 Å². The number of nitrogens with one attached hydrogen (secondary N) is 1. The fourth-order valence-corrected chi connectivity index (χ4v) is 3.72. The van der Waals surface area contributed by atoms with E-state index in [-0.39, 0.29) is 17.7 Å². The predicted octanol–water partition coefficient (Wildman–Crippen LogP) is 1.72. The summed E-state index contributed by atoms with van der Waals surface area (Å²) in [7, 11) is 1.87. The topological polar surface area (TPSA) is 96.2 Å². The van der Waals surface area contributed by atoms with Crippen LogP contribution in [0, 0.1) is 0 Å². The van der Waals surface area contributed by atoms with Gasteiger partial charge in [0.2, 0.25) is 5.91 Å². The molecule has 0 aliphatic carbocycles. The van der Waals surface area contributed by atoms with Gasteiger partial charge in [0.25, 0.3) is 0 Å². The van der Waals surface area contributed by atoms with Gasteiger partial charge in [-0.25, -0.2) is 9.97 Å². The van der Waals surface area contributed by atoms with Crippen molar-refractivity contribution in [3.63, 3.8) is 0 Å². The smallest absolute Gasteiger partial charge is 0.241 e. The molecular formula is C21H25N7O2. The van der Waals surface area contributed by atoms with Crippen molar-refractivity contribution < 1.29 is 9.59 Å². The van der Waals surface area contributed by atoms with Crippen LogP contribution < -0.4 is 10.2 Å². The van der Waals surface area contributed by atoms with Gasteiger partial charge in [-0.05, 0) is 38.1 Å². The number of aromatic nitrogens is 4. The summed E-state index contributed by atoms with van der Waals surface area (Å²) in [5.74, 6) is 0.831. The highest BCUT2D eigenvalue weighted by Crippen LogP contribution is 2.23. The van der Waals surface area contributed by atoms with Crippen molar-refractivity contribution in [3.8, 4) is 0 Å². The number of Topliss-reactive ketones (excluding diaryl/α,β-unsaturated/α-hetero) is 1. The number of hydrogen-bond acceptors (Lipinski definition) is 7. The van der Waals surface area contributed by atoms with Gasteiger partial charge in [0, 0.05) is 44.5 Å². The SMILES string of the molecule is CC(=O)c1ccc(NC(=O)C(C)N2CCN(c3ncnc4c3cnn4C)CC2)cc1. The molecule has 0 saturated carbocycles. The molecule has 1 aromatic carbocycles. The molecule has 3 aromatic rings. The summed E-state index contributed by atoms with van der Waals surface area (Å²) in [5, 5.41) is 8.15. The fraction of sp³-hybridized carbons (Fsp3) is 0.381. The Kier molecular flexibility index (Phi) is 5.45. The minimum Gasteiger partial charge on any atom is -0.353 e. The molecule has 3 heterocycles. The van der Waals surface area contributed by atoms with Crippen LogP contribution in [0.25, 0.3) is 11.0 Å². The minimum absolute atomic E-state index is 0.00589. The number of amides is 1. The van der Waals surface area contributed by atoms with Crippen LogP contribution in [-0.2, 0) is 11.8 Å². The van der Waals surface area contributed by atoms with Crippen LogP contribution in [0.15, 0.2) is 36.8 Å². The van der Waals surface area contributed by atoms with Crippen molar-refractivity contribution in [3.05, 3.63) is 42.4 Å². The summed E-state index contributed by atoms with van der Waals surface area (Å²) in [6.07, 6.45) is 3.36. The lowest BCUT2D eigenvalue weighted by atomic mass is 10.1. The number of fused-ring (bicyclic) bond motifs is 1. The van der Waals surface area contributed by atoms with E-state index in [2.05, 4.69) is 30.2 Å². The molecule has 1 N–H and O–H groups in total. The second-order valence-electron chi connectivity index (χ2n) is 7.52. The lowest BCUT2D eigenvalue weighted by Gasteiger charge is -2.38. The monoisotopic (exact) mass is 407 g/mol. The zero-order valence-electron chi connectivity index (χ0n) is 17.4. The Morgan fingerprint density at radius 3 is 2.43 bits per heavy atom. The molecule has 1 aliphatic rings. The van der Waals surface area contributed by atoms with E-state index in [4.69, 9.17) is 0 Å². The highest BCUT2D eigenvalue weighted by Gasteiger charge is 2.27. The number of nitrogens with zero attached hydrogens (tertiary/aromatic N) is 6. The lowest BCUT2D eigenvalue weighted by Crippen LogP contribution is -2.53. The van der Waals surface area contributed by atoms with Crippen LogP contribution in [0.5, 0.6) is 0 Å². The first kappa shape index (κ1) is 20.0. The average Bonchev–Trinajstić information content (AvgIpc) is 3.15. The van der Waals surface area contributed by atoms with Crippen LogP contribution >= 0.6 is 0 Å². The molecule has 9 heteroatoms. The first-order chi connectivity index (χ1) is 14.4. The third-order valence-corrected chi connectivity index (χ3v) is 5.61. The second-order valence-corrected chi connectivity index (χ2v) is 7.52. The van der Waals surface area contributed by atoms with Gasteiger partial charge in [-0.2, -0.15) is 5.10 Å². The number of carbonyl (C=O) groups is 2. The summed E-state index contributed by atoms with van der Waals surface area (Å²) in [6, 6.07) is 6.70. The van der Waals surface area contributed by atoms with E-state index in [1.165, 1.54) is 6.92 Å². The highest BCUT2D eigenvalue weighted by molar-refractivity contribution is 5.97. The van der Waals surface area contributed by atoms with E-state index in [1.54, 1.807) is 41.5 Å². The number of piperazine rings is 1. The van der Waals surface area contributed by atoms with Gasteiger partial charge in [-0.1, -0.05) is 0 Å². The molecule has 1 saturated heterocycles. The van der Waals surface area contributed by atoms with E-state index < -0.39 is 0 Å². The number of rotatable bonds is 5. The third kappa shape index (κ3) is 3.88. The zero-order chi connectivity index (χ0) is 21.3. The predicted molar refractivity (Wildman–Crippen MR) is 115 cm³/mol. The maximum absolute atomic E-state index is 12.7. The Hall–Kier alpha value is -3.33. The van der Waals surface area contributed by atoms with Crippen molar-refractivity contribution in [2.24, 2.45) is 7.05 Å². The van der Waals surface area contributed by atoms with E-state index in [9.17, 15) is 9.59 Å². The quantitative estimate of drug-likeness (QED) is 0.643. The van der Waals surface area contributed by atoms with E-state index >= 15 is 0 Å². The van der Waals surface area contributed by atoms with Crippen LogP contribution in [-0.4, -0.2) is 68.6 Å². The summed E-state index contributed by atoms with van der Waals surface area (Å²) in [5.41, 5.74) is 2.13. The van der Waals surface area contributed by atoms with Crippen molar-refractivity contribution in [1.82, 2.24) is 24.6 Å². The van der Waals surface area contributed by atoms with Crippen molar-refractivity contribution in [1.29, 1.82) is 0 Å². The molecule has 156 valence electrons. The number of benzene rings is 1. The molecular weight excluding hydrogens is 382 g/mol. The van der Waals surface area contributed by atoms with Crippen LogP contribution in [0.3, 0.4) is 0 Å². The molecule has 2 aromatic heterocycles. The minimum atomic E-state index is -0.261. The molecule has 9 nitrogen and oxygen atoms in total. The second kappa shape index (κ2) is 8.19. The number of carbonyl (C=O) groups excluding carboxylic acids is 2. The number of hydrogen-bond donors (Lipinski definition) is 1. The Balaban J connectivity index is 1.37. The first-order valence-corrected chi connectivity index (χ1v) is 9.97. The molecule has 1 atom stereocenters. The molecule has 1 aliphatic heterocycles. The maximum atomic E-state index is 12.7. The van der Waals surface area contributed by atoms with E-state index in [0.717, 1.165) is 43.0 Å². The van der Waals surface area contributed by atoms with Crippen molar-refractivity contribution in [2.45, 2.75) is 19.9 Å². The van der Waals surface area contributed by atoms with Crippen LogP contribution in [0.4, 0.5) is 11.5 Å². The lowest BCUT2D eigenvalue weighted by molar-refractivity contribution is -0.120. The van der Waals surface area contributed by atoms with Gasteiger partial charge in [-0.3, -0.25) is 19.2 Å². The standard InChI is InChI=1S/C21H25N7O2/c1-14(21(30)25-17-6-4-16(5-7-17)15(2)29)27-8-10-28(11-9-27)20-18-12-24-26(3)19(18)22-13-23-20/h4-7,12-14H,8-11H2,1-3H3,(H,25,30). The van der Waals surface area contributed by atoms with Crippen LogP contribution in [0.2, 0.25) is 0 Å². The fourth-order valence-electron chi connectivity index (χ4n) is 3.72. The first-order valence-electron chi connectivity index (χ1n) is 9.97. The van der Waals surface area contributed by atoms with Gasteiger partial charge < -0.3 is 10.2 Å². The molecule has 1 amide bonds. The summed E-state index contributed by atoms with van der Waals surface area (Å²) >= 11 is 0. The molecule has 4 rings (SSSR count). The largest absolute Gasteiger partial charge is 0.353 e. The average molecular weight is 407 g/mol. The van der Waals surface area contributed by atoms with Crippen molar-refractivity contribution in [2.75, 3.05) is 36.4 Å².